The van der Waals surface area contributed by atoms with E-state index in [0.29, 0.717) is 17.9 Å². The molecular formula is C12H13Br2ClO. The number of carbonyl (C=O) groups excluding carboxylic acids is 1. The van der Waals surface area contributed by atoms with E-state index in [0.717, 1.165) is 16.5 Å². The number of hydrogen-bond donors (Lipinski definition) is 0. The molecular weight excluding hydrogens is 355 g/mol. The molecule has 0 saturated heterocycles. The first kappa shape index (κ1) is 14.2. The maximum Gasteiger partial charge on any atom is 0.146 e. The van der Waals surface area contributed by atoms with Crippen molar-refractivity contribution in [2.45, 2.75) is 31.0 Å². The largest absolute Gasteiger partial charge is 0.298 e. The van der Waals surface area contributed by atoms with Crippen LogP contribution in [0.5, 0.6) is 0 Å². The molecule has 1 nitrogen and oxygen atoms in total. The van der Waals surface area contributed by atoms with Crippen molar-refractivity contribution in [3.05, 3.63) is 33.3 Å². The summed E-state index contributed by atoms with van der Waals surface area (Å²) < 4.78 is 0.953. The Morgan fingerprint density at radius 3 is 2.75 bits per heavy atom. The van der Waals surface area contributed by atoms with E-state index < -0.39 is 0 Å². The van der Waals surface area contributed by atoms with E-state index in [1.165, 1.54) is 0 Å². The fourth-order valence-corrected chi connectivity index (χ4v) is 2.82. The fraction of sp³-hybridized carbons (Fsp3) is 0.417. The zero-order valence-corrected chi connectivity index (χ0v) is 12.9. The molecule has 1 aromatic rings. The molecule has 0 saturated carbocycles. The molecule has 1 atom stereocenters. The van der Waals surface area contributed by atoms with Crippen LogP contribution in [0.4, 0.5) is 0 Å². The molecule has 1 aromatic carbocycles. The molecule has 0 bridgehead atoms. The van der Waals surface area contributed by atoms with Crippen LogP contribution >= 0.6 is 43.5 Å². The third-order valence-corrected chi connectivity index (χ3v) is 4.07. The number of rotatable bonds is 5. The number of carbonyl (C=O) groups is 1. The molecule has 0 aromatic heterocycles. The predicted molar refractivity (Wildman–Crippen MR) is 75.5 cm³/mol. The lowest BCUT2D eigenvalue weighted by atomic mass is 10.1. The van der Waals surface area contributed by atoms with E-state index >= 15 is 0 Å². The van der Waals surface area contributed by atoms with E-state index in [9.17, 15) is 4.79 Å². The van der Waals surface area contributed by atoms with Gasteiger partial charge in [0.1, 0.15) is 5.78 Å². The van der Waals surface area contributed by atoms with Crippen LogP contribution in [0.3, 0.4) is 0 Å². The highest BCUT2D eigenvalue weighted by molar-refractivity contribution is 9.10. The Morgan fingerprint density at radius 2 is 2.19 bits per heavy atom. The first-order chi connectivity index (χ1) is 7.54. The van der Waals surface area contributed by atoms with Gasteiger partial charge >= 0.3 is 0 Å². The number of halogens is 3. The molecule has 0 N–H and O–H groups in total. The van der Waals surface area contributed by atoms with Gasteiger partial charge in [0.2, 0.25) is 0 Å². The minimum atomic E-state index is -0.107. The van der Waals surface area contributed by atoms with Gasteiger partial charge in [-0.25, -0.2) is 0 Å². The summed E-state index contributed by atoms with van der Waals surface area (Å²) in [5.74, 6) is 0.254. The molecule has 0 radical (unpaired) electrons. The molecule has 0 aliphatic rings. The number of ketones is 1. The van der Waals surface area contributed by atoms with Crippen LogP contribution in [0.15, 0.2) is 22.7 Å². The summed E-state index contributed by atoms with van der Waals surface area (Å²) in [5, 5.41) is 0.696. The number of alkyl halides is 1. The Labute approximate surface area is 118 Å². The standard InChI is InChI=1S/C12H13Br2ClO/c1-2-3-12(16)11(14)6-8-4-5-9(15)7-10(8)13/h4-5,7,11H,2-3,6H2,1H3. The lowest BCUT2D eigenvalue weighted by molar-refractivity contribution is -0.118. The van der Waals surface area contributed by atoms with Gasteiger partial charge in [0, 0.05) is 15.9 Å². The van der Waals surface area contributed by atoms with Crippen molar-refractivity contribution in [1.29, 1.82) is 0 Å². The number of hydrogen-bond acceptors (Lipinski definition) is 1. The number of benzene rings is 1. The molecule has 0 aliphatic carbocycles. The van der Waals surface area contributed by atoms with Gasteiger partial charge in [-0.15, -0.1) is 0 Å². The van der Waals surface area contributed by atoms with E-state index in [1.807, 2.05) is 25.1 Å². The maximum atomic E-state index is 11.6. The summed E-state index contributed by atoms with van der Waals surface area (Å²) in [5.41, 5.74) is 1.09. The smallest absolute Gasteiger partial charge is 0.146 e. The maximum absolute atomic E-state index is 11.6. The molecule has 0 fully saturated rings. The molecule has 0 amide bonds. The SMILES string of the molecule is CCCC(=O)C(Br)Cc1ccc(Cl)cc1Br. The molecule has 0 spiro atoms. The van der Waals surface area contributed by atoms with Gasteiger partial charge in [-0.3, -0.25) is 4.79 Å². The Hall–Kier alpha value is 0.140. The zero-order chi connectivity index (χ0) is 12.1. The summed E-state index contributed by atoms with van der Waals surface area (Å²) in [6.45, 7) is 2.01. The molecule has 1 rings (SSSR count). The van der Waals surface area contributed by atoms with Gasteiger partial charge in [-0.1, -0.05) is 56.5 Å². The second-order valence-electron chi connectivity index (χ2n) is 3.62. The Bertz CT molecular complexity index is 379. The van der Waals surface area contributed by atoms with Gasteiger partial charge in [-0.2, -0.15) is 0 Å². The molecule has 0 heterocycles. The van der Waals surface area contributed by atoms with Crippen molar-refractivity contribution in [1.82, 2.24) is 0 Å². The quantitative estimate of drug-likeness (QED) is 0.684. The summed E-state index contributed by atoms with van der Waals surface area (Å²) in [7, 11) is 0. The van der Waals surface area contributed by atoms with Crippen LogP contribution in [-0.2, 0) is 11.2 Å². The minimum Gasteiger partial charge on any atom is -0.298 e. The summed E-state index contributed by atoms with van der Waals surface area (Å²) in [6, 6.07) is 5.63. The molecule has 1 unspecified atom stereocenters. The monoisotopic (exact) mass is 366 g/mol. The van der Waals surface area contributed by atoms with Gasteiger partial charge in [0.25, 0.3) is 0 Å². The van der Waals surface area contributed by atoms with Crippen molar-refractivity contribution in [3.63, 3.8) is 0 Å². The molecule has 0 aliphatic heterocycles. The second kappa shape index (κ2) is 6.77. The van der Waals surface area contributed by atoms with Crippen molar-refractivity contribution >= 4 is 49.2 Å². The van der Waals surface area contributed by atoms with Crippen molar-refractivity contribution in [3.8, 4) is 0 Å². The van der Waals surface area contributed by atoms with Crippen molar-refractivity contribution in [2.24, 2.45) is 0 Å². The van der Waals surface area contributed by atoms with Crippen LogP contribution < -0.4 is 0 Å². The Balaban J connectivity index is 2.69. The Morgan fingerprint density at radius 1 is 1.50 bits per heavy atom. The average Bonchev–Trinajstić information content (AvgIpc) is 2.22. The molecule has 88 valence electrons. The van der Waals surface area contributed by atoms with Crippen LogP contribution in [0.1, 0.15) is 25.3 Å². The fourth-order valence-electron chi connectivity index (χ4n) is 1.40. The van der Waals surface area contributed by atoms with E-state index in [-0.39, 0.29) is 10.6 Å². The van der Waals surface area contributed by atoms with Crippen LogP contribution in [0.25, 0.3) is 0 Å². The normalized spacial score (nSPS) is 12.5. The van der Waals surface area contributed by atoms with E-state index in [1.54, 1.807) is 0 Å². The average molecular weight is 368 g/mol. The van der Waals surface area contributed by atoms with Crippen molar-refractivity contribution < 1.29 is 4.79 Å². The van der Waals surface area contributed by atoms with Gasteiger partial charge in [-0.05, 0) is 30.5 Å². The van der Waals surface area contributed by atoms with Crippen LogP contribution in [0.2, 0.25) is 5.02 Å². The second-order valence-corrected chi connectivity index (χ2v) is 6.02. The van der Waals surface area contributed by atoms with Gasteiger partial charge < -0.3 is 0 Å². The third kappa shape index (κ3) is 4.19. The lowest BCUT2D eigenvalue weighted by Crippen LogP contribution is -2.16. The van der Waals surface area contributed by atoms with Crippen molar-refractivity contribution in [2.75, 3.05) is 0 Å². The van der Waals surface area contributed by atoms with Gasteiger partial charge in [0.15, 0.2) is 0 Å². The minimum absolute atomic E-state index is 0.107. The summed E-state index contributed by atoms with van der Waals surface area (Å²) in [4.78, 5) is 11.5. The van der Waals surface area contributed by atoms with E-state index in [2.05, 4.69) is 31.9 Å². The highest BCUT2D eigenvalue weighted by Crippen LogP contribution is 2.24. The lowest BCUT2D eigenvalue weighted by Gasteiger charge is -2.10. The highest BCUT2D eigenvalue weighted by atomic mass is 79.9. The predicted octanol–water partition coefficient (Wildman–Crippen LogP) is 4.78. The van der Waals surface area contributed by atoms with E-state index in [4.69, 9.17) is 11.6 Å². The first-order valence-corrected chi connectivity index (χ1v) is 7.24. The third-order valence-electron chi connectivity index (χ3n) is 2.26. The topological polar surface area (TPSA) is 17.1 Å². The van der Waals surface area contributed by atoms with Gasteiger partial charge in [0.05, 0.1) is 4.83 Å². The first-order valence-electron chi connectivity index (χ1n) is 5.15. The van der Waals surface area contributed by atoms with Crippen LogP contribution in [0, 0.1) is 0 Å². The number of Topliss-reactive ketones (excluding diaryl/α,β-unsaturated/α-hetero) is 1. The molecule has 16 heavy (non-hydrogen) atoms. The Kier molecular flexibility index (Phi) is 6.01. The summed E-state index contributed by atoms with van der Waals surface area (Å²) in [6.07, 6.45) is 2.21. The zero-order valence-electron chi connectivity index (χ0n) is 8.97. The molecule has 4 heteroatoms. The summed E-state index contributed by atoms with van der Waals surface area (Å²) >= 11 is 12.7. The van der Waals surface area contributed by atoms with Crippen LogP contribution in [-0.4, -0.2) is 10.6 Å². The highest BCUT2D eigenvalue weighted by Gasteiger charge is 2.15.